The van der Waals surface area contributed by atoms with E-state index in [0.29, 0.717) is 25.0 Å². The van der Waals surface area contributed by atoms with Crippen molar-refractivity contribution in [2.45, 2.75) is 38.5 Å². The lowest BCUT2D eigenvalue weighted by Crippen LogP contribution is -2.90. The number of rotatable bonds is 0. The van der Waals surface area contributed by atoms with Crippen LogP contribution < -0.4 is 10.7 Å². The van der Waals surface area contributed by atoms with Crippen LogP contribution in [0.3, 0.4) is 0 Å². The van der Waals surface area contributed by atoms with Crippen molar-refractivity contribution >= 4 is 5.84 Å². The molecule has 1 saturated heterocycles. The Morgan fingerprint density at radius 2 is 1.81 bits per heavy atom. The van der Waals surface area contributed by atoms with Crippen molar-refractivity contribution in [3.63, 3.8) is 0 Å². The third kappa shape index (κ3) is 0.994. The van der Waals surface area contributed by atoms with Crippen molar-refractivity contribution in [3.8, 4) is 12.1 Å². The van der Waals surface area contributed by atoms with Gasteiger partial charge < -0.3 is 9.47 Å². The number of nitriles is 2. The van der Waals surface area contributed by atoms with Gasteiger partial charge in [0.25, 0.3) is 5.84 Å². The zero-order valence-electron chi connectivity index (χ0n) is 12.1. The number of ether oxygens (including phenoxy) is 2. The number of nitrogens with zero attached hydrogens (tertiary/aromatic N) is 2. The first-order valence-corrected chi connectivity index (χ1v) is 7.57. The average molecular weight is 287 g/mol. The minimum Gasteiger partial charge on any atom is -0.311 e. The molecule has 0 aromatic heterocycles. The van der Waals surface area contributed by atoms with E-state index in [1.165, 1.54) is 0 Å². The molecule has 0 aromatic carbocycles. The molecule has 110 valence electrons. The standard InChI is InChI=1S/C15H18N4O2/c1-10-2-4-12(5-3-10)13(8-16)11(18)19-15(14(12,13)9-17)20-6-7-21-15/h10H,2-7H2,1H3,(H2,18,19)/p+1/t10?,12?,13-,14+/m1/s1. The van der Waals surface area contributed by atoms with Crippen LogP contribution in [0.4, 0.5) is 0 Å². The maximum absolute atomic E-state index is 10.0. The second kappa shape index (κ2) is 3.58. The molecule has 0 radical (unpaired) electrons. The van der Waals surface area contributed by atoms with Crippen LogP contribution in [-0.4, -0.2) is 25.0 Å². The number of amidine groups is 1. The molecule has 2 aliphatic heterocycles. The first kappa shape index (κ1) is 13.1. The predicted molar refractivity (Wildman–Crippen MR) is 70.9 cm³/mol. The van der Waals surface area contributed by atoms with Gasteiger partial charge in [0.05, 0.1) is 25.4 Å². The summed E-state index contributed by atoms with van der Waals surface area (Å²) in [6, 6.07) is 4.78. The van der Waals surface area contributed by atoms with Gasteiger partial charge in [0, 0.05) is 5.41 Å². The molecule has 4 rings (SSSR count). The van der Waals surface area contributed by atoms with Gasteiger partial charge in [-0.05, 0) is 18.8 Å². The van der Waals surface area contributed by atoms with Crippen LogP contribution in [0.1, 0.15) is 32.6 Å². The minimum atomic E-state index is -1.23. The van der Waals surface area contributed by atoms with E-state index in [1.54, 1.807) is 0 Å². The van der Waals surface area contributed by atoms with Crippen molar-refractivity contribution < 1.29 is 14.5 Å². The second-order valence-electron chi connectivity index (χ2n) is 6.84. The molecule has 2 saturated carbocycles. The van der Waals surface area contributed by atoms with E-state index in [1.807, 2.05) is 0 Å². The van der Waals surface area contributed by atoms with Crippen molar-refractivity contribution in [3.05, 3.63) is 0 Å². The van der Waals surface area contributed by atoms with Crippen LogP contribution in [0.5, 0.6) is 0 Å². The number of hydrogen-bond acceptors (Lipinski definition) is 5. The quantitative estimate of drug-likeness (QED) is 0.617. The van der Waals surface area contributed by atoms with E-state index in [4.69, 9.17) is 15.2 Å². The van der Waals surface area contributed by atoms with Crippen LogP contribution >= 0.6 is 0 Å². The molecule has 0 aromatic rings. The summed E-state index contributed by atoms with van der Waals surface area (Å²) in [5.74, 6) is -0.260. The highest BCUT2D eigenvalue weighted by atomic mass is 16.8. The van der Waals surface area contributed by atoms with Crippen LogP contribution in [0.15, 0.2) is 0 Å². The predicted octanol–water partition coefficient (Wildman–Crippen LogP) is -0.632. The van der Waals surface area contributed by atoms with E-state index in [-0.39, 0.29) is 0 Å². The van der Waals surface area contributed by atoms with E-state index in [0.717, 1.165) is 25.7 Å². The Morgan fingerprint density at radius 3 is 2.33 bits per heavy atom. The Balaban J connectivity index is 1.91. The monoisotopic (exact) mass is 287 g/mol. The fourth-order valence-electron chi connectivity index (χ4n) is 5.30. The van der Waals surface area contributed by atoms with Crippen LogP contribution in [-0.2, 0) is 9.47 Å². The molecular weight excluding hydrogens is 268 g/mol. The SMILES string of the molecule is CC1CCC2(CC1)[C@]1(C#N)C3([NH+]=C(N)[C@]21C#N)OCCO3. The molecule has 2 heterocycles. The van der Waals surface area contributed by atoms with Crippen molar-refractivity contribution in [1.82, 2.24) is 0 Å². The highest BCUT2D eigenvalue weighted by Gasteiger charge is 3.03. The van der Waals surface area contributed by atoms with E-state index in [9.17, 15) is 10.5 Å². The first-order valence-electron chi connectivity index (χ1n) is 7.57. The maximum Gasteiger partial charge on any atom is 0.343 e. The Morgan fingerprint density at radius 1 is 1.19 bits per heavy atom. The fourth-order valence-corrected chi connectivity index (χ4v) is 5.30. The van der Waals surface area contributed by atoms with Gasteiger partial charge in [0.15, 0.2) is 10.8 Å². The summed E-state index contributed by atoms with van der Waals surface area (Å²) in [5, 5.41) is 19.9. The molecular formula is C15H19N4O2+. The third-order valence-electron chi connectivity index (χ3n) is 6.29. The third-order valence-corrected chi connectivity index (χ3v) is 6.29. The Labute approximate surface area is 123 Å². The van der Waals surface area contributed by atoms with E-state index in [2.05, 4.69) is 24.1 Å². The zero-order valence-corrected chi connectivity index (χ0v) is 12.1. The van der Waals surface area contributed by atoms with Gasteiger partial charge in [-0.1, -0.05) is 19.8 Å². The number of fused-ring (bicyclic) bond motifs is 4. The van der Waals surface area contributed by atoms with Gasteiger partial charge in [-0.25, -0.2) is 4.99 Å². The molecule has 2 atom stereocenters. The largest absolute Gasteiger partial charge is 0.343 e. The molecule has 0 unspecified atom stereocenters. The van der Waals surface area contributed by atoms with Gasteiger partial charge in [-0.15, -0.1) is 0 Å². The summed E-state index contributed by atoms with van der Waals surface area (Å²) in [4.78, 5) is 3.00. The molecule has 3 N–H and O–H groups in total. The molecule has 0 bridgehead atoms. The summed E-state index contributed by atoms with van der Waals surface area (Å²) in [6.45, 7) is 3.04. The second-order valence-corrected chi connectivity index (χ2v) is 6.84. The molecule has 6 nitrogen and oxygen atoms in total. The normalized spacial score (nSPS) is 49.5. The van der Waals surface area contributed by atoms with E-state index < -0.39 is 22.2 Å². The Kier molecular flexibility index (Phi) is 2.22. The molecule has 4 aliphatic rings. The van der Waals surface area contributed by atoms with Gasteiger partial charge >= 0.3 is 5.91 Å². The van der Waals surface area contributed by atoms with Gasteiger partial charge in [0.2, 0.25) is 0 Å². The summed E-state index contributed by atoms with van der Waals surface area (Å²) in [5.41, 5.74) is 3.75. The lowest BCUT2D eigenvalue weighted by atomic mass is 9.73. The first-order chi connectivity index (χ1) is 10.1. The highest BCUT2D eigenvalue weighted by Crippen LogP contribution is 2.86. The van der Waals surface area contributed by atoms with Gasteiger partial charge in [-0.3, -0.25) is 5.73 Å². The lowest BCUT2D eigenvalue weighted by molar-refractivity contribution is -0.678. The Hall–Kier alpha value is -1.63. The minimum absolute atomic E-state index is 0.350. The van der Waals surface area contributed by atoms with Crippen LogP contribution in [0, 0.1) is 44.8 Å². The molecule has 2 aliphatic carbocycles. The summed E-state index contributed by atoms with van der Waals surface area (Å²) < 4.78 is 11.6. The zero-order chi connectivity index (χ0) is 14.9. The average Bonchev–Trinajstić information content (AvgIpc) is 2.77. The number of nitrogens with two attached hydrogens (primary N) is 1. The molecule has 0 amide bonds. The van der Waals surface area contributed by atoms with E-state index >= 15 is 0 Å². The van der Waals surface area contributed by atoms with Gasteiger partial charge in [0.1, 0.15) is 0 Å². The molecule has 21 heavy (non-hydrogen) atoms. The highest BCUT2D eigenvalue weighted by molar-refractivity contribution is 5.95. The lowest BCUT2D eigenvalue weighted by Gasteiger charge is -2.33. The molecule has 6 heteroatoms. The maximum atomic E-state index is 10.0. The van der Waals surface area contributed by atoms with Crippen molar-refractivity contribution in [2.75, 3.05) is 13.2 Å². The summed E-state index contributed by atoms with van der Waals surface area (Å²) >= 11 is 0. The topological polar surface area (TPSA) is 106 Å². The van der Waals surface area contributed by atoms with Crippen molar-refractivity contribution in [1.29, 1.82) is 10.5 Å². The van der Waals surface area contributed by atoms with Crippen molar-refractivity contribution in [2.24, 2.45) is 27.9 Å². The fraction of sp³-hybridized carbons (Fsp3) is 0.800. The molecule has 2 spiro atoms. The van der Waals surface area contributed by atoms with Crippen LogP contribution in [0.25, 0.3) is 0 Å². The smallest absolute Gasteiger partial charge is 0.311 e. The van der Waals surface area contributed by atoms with Gasteiger partial charge in [-0.2, -0.15) is 10.5 Å². The molecule has 3 fully saturated rings. The van der Waals surface area contributed by atoms with Crippen LogP contribution in [0.2, 0.25) is 0 Å². The summed E-state index contributed by atoms with van der Waals surface area (Å²) in [6.07, 6.45) is 3.67. The number of hydrogen-bond donors (Lipinski definition) is 2. The summed E-state index contributed by atoms with van der Waals surface area (Å²) in [7, 11) is 0. The Bertz CT molecular complexity index is 617. The number of nitrogens with one attached hydrogen (secondary N) is 1.